The van der Waals surface area contributed by atoms with E-state index < -0.39 is 0 Å². The molecule has 1 aromatic carbocycles. The number of anilines is 2. The Morgan fingerprint density at radius 3 is 2.79 bits per heavy atom. The summed E-state index contributed by atoms with van der Waals surface area (Å²) in [7, 11) is 0. The number of nitrogens with one attached hydrogen (secondary N) is 1. The first-order valence-electron chi connectivity index (χ1n) is 7.16. The number of hydrogen-bond donors (Lipinski definition) is 2. The third kappa shape index (κ3) is 1.84. The first kappa shape index (κ1) is 11.1. The maximum absolute atomic E-state index is 6.10. The van der Waals surface area contributed by atoms with Crippen molar-refractivity contribution in [3.8, 4) is 0 Å². The fourth-order valence-corrected chi connectivity index (χ4v) is 3.20. The van der Waals surface area contributed by atoms with Gasteiger partial charge in [0, 0.05) is 11.9 Å². The predicted octanol–water partition coefficient (Wildman–Crippen LogP) is 3.42. The number of pyridine rings is 1. The van der Waals surface area contributed by atoms with Gasteiger partial charge in [-0.05, 0) is 43.1 Å². The SMILES string of the molecule is Nc1cnc2ccccc2c1NCC1(C2CC2)CC1. The quantitative estimate of drug-likeness (QED) is 0.877. The van der Waals surface area contributed by atoms with Gasteiger partial charge in [-0.2, -0.15) is 0 Å². The Balaban J connectivity index is 1.64. The van der Waals surface area contributed by atoms with Crippen molar-refractivity contribution in [1.29, 1.82) is 0 Å². The summed E-state index contributed by atoms with van der Waals surface area (Å²) in [5.74, 6) is 0.967. The van der Waals surface area contributed by atoms with Crippen molar-refractivity contribution in [3.05, 3.63) is 30.5 Å². The van der Waals surface area contributed by atoms with E-state index >= 15 is 0 Å². The zero-order valence-electron chi connectivity index (χ0n) is 11.0. The van der Waals surface area contributed by atoms with Gasteiger partial charge in [0.15, 0.2) is 0 Å². The number of fused-ring (bicyclic) bond motifs is 1. The van der Waals surface area contributed by atoms with Crippen LogP contribution in [0, 0.1) is 11.3 Å². The van der Waals surface area contributed by atoms with Crippen LogP contribution in [0.5, 0.6) is 0 Å². The Morgan fingerprint density at radius 2 is 2.05 bits per heavy atom. The second-order valence-corrected chi connectivity index (χ2v) is 6.10. The van der Waals surface area contributed by atoms with Gasteiger partial charge < -0.3 is 11.1 Å². The molecule has 2 saturated carbocycles. The van der Waals surface area contributed by atoms with E-state index in [1.807, 2.05) is 18.2 Å². The molecule has 0 amide bonds. The minimum absolute atomic E-state index is 0.580. The molecule has 1 aromatic heterocycles. The Morgan fingerprint density at radius 1 is 1.26 bits per heavy atom. The molecule has 0 spiro atoms. The molecule has 98 valence electrons. The van der Waals surface area contributed by atoms with Crippen molar-refractivity contribution < 1.29 is 0 Å². The highest BCUT2D eigenvalue weighted by atomic mass is 14.9. The van der Waals surface area contributed by atoms with Gasteiger partial charge in [-0.25, -0.2) is 0 Å². The van der Waals surface area contributed by atoms with Crippen LogP contribution >= 0.6 is 0 Å². The van der Waals surface area contributed by atoms with Gasteiger partial charge in [-0.15, -0.1) is 0 Å². The molecule has 0 saturated heterocycles. The summed E-state index contributed by atoms with van der Waals surface area (Å²) in [5, 5.41) is 4.75. The third-order valence-corrected chi connectivity index (χ3v) is 4.76. The van der Waals surface area contributed by atoms with Gasteiger partial charge in [0.05, 0.1) is 23.1 Å². The van der Waals surface area contributed by atoms with Gasteiger partial charge in [-0.1, -0.05) is 18.2 Å². The highest BCUT2D eigenvalue weighted by Crippen LogP contribution is 2.61. The molecule has 0 unspecified atom stereocenters. The molecule has 3 nitrogen and oxygen atoms in total. The molecular formula is C16H19N3. The molecule has 19 heavy (non-hydrogen) atoms. The lowest BCUT2D eigenvalue weighted by Gasteiger charge is -2.18. The smallest absolute Gasteiger partial charge is 0.0743 e. The van der Waals surface area contributed by atoms with E-state index in [1.54, 1.807) is 6.20 Å². The van der Waals surface area contributed by atoms with Crippen molar-refractivity contribution >= 4 is 22.3 Å². The van der Waals surface area contributed by atoms with Crippen LogP contribution in [-0.4, -0.2) is 11.5 Å². The van der Waals surface area contributed by atoms with E-state index in [1.165, 1.54) is 25.7 Å². The zero-order chi connectivity index (χ0) is 12.9. The van der Waals surface area contributed by atoms with E-state index in [2.05, 4.69) is 16.4 Å². The number of nitrogen functional groups attached to an aromatic ring is 1. The molecule has 2 aliphatic carbocycles. The van der Waals surface area contributed by atoms with E-state index in [4.69, 9.17) is 5.73 Å². The van der Waals surface area contributed by atoms with E-state index in [0.717, 1.165) is 34.7 Å². The highest BCUT2D eigenvalue weighted by Gasteiger charge is 2.53. The summed E-state index contributed by atoms with van der Waals surface area (Å²) < 4.78 is 0. The molecule has 4 rings (SSSR count). The van der Waals surface area contributed by atoms with Gasteiger partial charge in [0.1, 0.15) is 0 Å². The van der Waals surface area contributed by atoms with E-state index in [9.17, 15) is 0 Å². The average Bonchev–Trinajstić information content (AvgIpc) is 3.29. The minimum atomic E-state index is 0.580. The number of benzene rings is 1. The lowest BCUT2D eigenvalue weighted by molar-refractivity contribution is 0.467. The molecule has 3 N–H and O–H groups in total. The van der Waals surface area contributed by atoms with Crippen molar-refractivity contribution in [2.45, 2.75) is 25.7 Å². The molecule has 3 heteroatoms. The molecule has 2 aromatic rings. The Labute approximate surface area is 113 Å². The molecule has 2 fully saturated rings. The summed E-state index contributed by atoms with van der Waals surface area (Å²) >= 11 is 0. The van der Waals surface area contributed by atoms with Crippen LogP contribution in [0.3, 0.4) is 0 Å². The normalized spacial score (nSPS) is 20.4. The average molecular weight is 253 g/mol. The molecule has 0 atom stereocenters. The molecule has 0 radical (unpaired) electrons. The van der Waals surface area contributed by atoms with Gasteiger partial charge >= 0.3 is 0 Å². The first-order valence-corrected chi connectivity index (χ1v) is 7.16. The van der Waals surface area contributed by atoms with Gasteiger partial charge in [-0.3, -0.25) is 4.98 Å². The Hall–Kier alpha value is -1.77. The predicted molar refractivity (Wildman–Crippen MR) is 79.0 cm³/mol. The van der Waals surface area contributed by atoms with Crippen LogP contribution in [0.4, 0.5) is 11.4 Å². The molecule has 2 aliphatic rings. The van der Waals surface area contributed by atoms with Crippen LogP contribution in [0.25, 0.3) is 10.9 Å². The van der Waals surface area contributed by atoms with Crippen molar-refractivity contribution in [1.82, 2.24) is 4.98 Å². The second kappa shape index (κ2) is 3.86. The summed E-state index contributed by atoms with van der Waals surface area (Å²) in [4.78, 5) is 4.38. The maximum atomic E-state index is 6.10. The largest absolute Gasteiger partial charge is 0.396 e. The summed E-state index contributed by atoms with van der Waals surface area (Å²) in [5.41, 5.74) is 9.52. The molecule has 0 bridgehead atoms. The summed E-state index contributed by atoms with van der Waals surface area (Å²) in [6.45, 7) is 1.07. The van der Waals surface area contributed by atoms with Crippen molar-refractivity contribution in [2.75, 3.05) is 17.6 Å². The lowest BCUT2D eigenvalue weighted by Crippen LogP contribution is -2.18. The molecular weight excluding hydrogens is 234 g/mol. The molecule has 1 heterocycles. The van der Waals surface area contributed by atoms with E-state index in [0.29, 0.717) is 5.41 Å². The highest BCUT2D eigenvalue weighted by molar-refractivity contribution is 5.96. The summed E-state index contributed by atoms with van der Waals surface area (Å²) in [6, 6.07) is 8.19. The third-order valence-electron chi connectivity index (χ3n) is 4.76. The number of rotatable bonds is 4. The van der Waals surface area contributed by atoms with E-state index in [-0.39, 0.29) is 0 Å². The number of nitrogens with zero attached hydrogens (tertiary/aromatic N) is 1. The number of nitrogens with two attached hydrogens (primary N) is 1. The number of aromatic nitrogens is 1. The zero-order valence-corrected chi connectivity index (χ0v) is 11.0. The van der Waals surface area contributed by atoms with Gasteiger partial charge in [0.25, 0.3) is 0 Å². The Bertz CT molecular complexity index is 627. The number of hydrogen-bond acceptors (Lipinski definition) is 3. The van der Waals surface area contributed by atoms with Crippen LogP contribution in [0.1, 0.15) is 25.7 Å². The fourth-order valence-electron chi connectivity index (χ4n) is 3.20. The van der Waals surface area contributed by atoms with Crippen LogP contribution in [0.15, 0.2) is 30.5 Å². The fraction of sp³-hybridized carbons (Fsp3) is 0.438. The topological polar surface area (TPSA) is 50.9 Å². The van der Waals surface area contributed by atoms with Crippen LogP contribution < -0.4 is 11.1 Å². The Kier molecular flexibility index (Phi) is 2.25. The standard InChI is InChI=1S/C16H19N3/c17-13-9-18-14-4-2-1-3-12(14)15(13)19-10-16(7-8-16)11-5-6-11/h1-4,9,11H,5-8,10,17H2,(H,18,19). The monoisotopic (exact) mass is 253 g/mol. The van der Waals surface area contributed by atoms with Crippen LogP contribution in [-0.2, 0) is 0 Å². The van der Waals surface area contributed by atoms with Crippen molar-refractivity contribution in [2.24, 2.45) is 11.3 Å². The maximum Gasteiger partial charge on any atom is 0.0743 e. The van der Waals surface area contributed by atoms with Gasteiger partial charge in [0.2, 0.25) is 0 Å². The van der Waals surface area contributed by atoms with Crippen LogP contribution in [0.2, 0.25) is 0 Å². The number of para-hydroxylation sites is 1. The summed E-state index contributed by atoms with van der Waals surface area (Å²) in [6.07, 6.45) is 7.38. The van der Waals surface area contributed by atoms with Crippen molar-refractivity contribution in [3.63, 3.8) is 0 Å². The first-order chi connectivity index (χ1) is 9.28. The molecule has 0 aliphatic heterocycles. The lowest BCUT2D eigenvalue weighted by atomic mass is 10.0. The second-order valence-electron chi connectivity index (χ2n) is 6.10. The minimum Gasteiger partial charge on any atom is -0.396 e.